The summed E-state index contributed by atoms with van der Waals surface area (Å²) in [6.45, 7) is 1.88. The number of rotatable bonds is 3. The number of aliphatic hydroxyl groups is 1. The van der Waals surface area contributed by atoms with Crippen LogP contribution in [0.4, 0.5) is 17.6 Å². The van der Waals surface area contributed by atoms with Gasteiger partial charge in [-0.1, -0.05) is 12.1 Å². The van der Waals surface area contributed by atoms with Crippen molar-refractivity contribution in [2.45, 2.75) is 44.8 Å². The molecule has 31 heavy (non-hydrogen) atoms. The van der Waals surface area contributed by atoms with E-state index in [9.17, 15) is 32.3 Å². The third-order valence-electron chi connectivity index (χ3n) is 5.73. The van der Waals surface area contributed by atoms with E-state index in [0.29, 0.717) is 28.1 Å². The standard InChI is InChI=1S/C22H20F4N2O3/c1-21(2,31)20(22(24,25)26)28-10-12-5-7-15(23)16(17(12)19(28)30)11-4-6-14-13(8-11)9-27(3)18(14)29/h4-8,20,31H,9-10H2,1-3H3/t20-/m0/s1. The van der Waals surface area contributed by atoms with Gasteiger partial charge in [-0.2, -0.15) is 13.2 Å². The third-order valence-corrected chi connectivity index (χ3v) is 5.73. The molecule has 1 atom stereocenters. The normalized spacial score (nSPS) is 17.3. The molecule has 2 aliphatic heterocycles. The second-order valence-corrected chi connectivity index (χ2v) is 8.52. The molecule has 5 nitrogen and oxygen atoms in total. The Balaban J connectivity index is 1.83. The number of nitrogens with zero attached hydrogens (tertiary/aromatic N) is 2. The number of halogens is 4. The Kier molecular flexibility index (Phi) is 4.66. The van der Waals surface area contributed by atoms with Crippen LogP contribution in [-0.4, -0.2) is 51.6 Å². The Morgan fingerprint density at radius 3 is 2.26 bits per heavy atom. The maximum absolute atomic E-state index is 14.9. The molecule has 1 N–H and O–H groups in total. The van der Waals surface area contributed by atoms with E-state index in [1.807, 2.05) is 0 Å². The molecule has 9 heteroatoms. The van der Waals surface area contributed by atoms with Crippen LogP contribution in [0, 0.1) is 5.82 Å². The minimum absolute atomic E-state index is 0.105. The number of carbonyl (C=O) groups is 2. The van der Waals surface area contributed by atoms with E-state index in [-0.39, 0.29) is 22.6 Å². The molecule has 0 fully saturated rings. The van der Waals surface area contributed by atoms with Gasteiger partial charge in [0.15, 0.2) is 6.04 Å². The summed E-state index contributed by atoms with van der Waals surface area (Å²) in [5, 5.41) is 10.1. The highest BCUT2D eigenvalue weighted by Crippen LogP contribution is 2.41. The number of amides is 2. The lowest BCUT2D eigenvalue weighted by Crippen LogP contribution is -2.57. The minimum atomic E-state index is -4.88. The topological polar surface area (TPSA) is 60.9 Å². The quantitative estimate of drug-likeness (QED) is 0.746. The first-order valence-electron chi connectivity index (χ1n) is 9.61. The molecule has 4 rings (SSSR count). The number of alkyl halides is 3. The lowest BCUT2D eigenvalue weighted by Gasteiger charge is -2.37. The van der Waals surface area contributed by atoms with Crippen LogP contribution in [0.2, 0.25) is 0 Å². The van der Waals surface area contributed by atoms with E-state index in [1.54, 1.807) is 13.1 Å². The van der Waals surface area contributed by atoms with Crippen LogP contribution in [0.25, 0.3) is 11.1 Å². The molecule has 0 aromatic heterocycles. The fraction of sp³-hybridized carbons (Fsp3) is 0.364. The maximum Gasteiger partial charge on any atom is 0.411 e. The summed E-state index contributed by atoms with van der Waals surface area (Å²) < 4.78 is 56.1. The predicted octanol–water partition coefficient (Wildman–Crippen LogP) is 3.74. The summed E-state index contributed by atoms with van der Waals surface area (Å²) in [7, 11) is 1.62. The maximum atomic E-state index is 14.9. The van der Waals surface area contributed by atoms with Gasteiger partial charge in [-0.15, -0.1) is 0 Å². The molecule has 2 aliphatic rings. The zero-order valence-electron chi connectivity index (χ0n) is 17.0. The summed E-state index contributed by atoms with van der Waals surface area (Å²) in [5.41, 5.74) is -0.859. The van der Waals surface area contributed by atoms with Crippen LogP contribution in [-0.2, 0) is 13.1 Å². The van der Waals surface area contributed by atoms with Crippen molar-refractivity contribution in [2.24, 2.45) is 0 Å². The summed E-state index contributed by atoms with van der Waals surface area (Å²) in [6, 6.07) is 4.55. The highest BCUT2D eigenvalue weighted by Gasteiger charge is 2.55. The summed E-state index contributed by atoms with van der Waals surface area (Å²) in [5.74, 6) is -1.93. The van der Waals surface area contributed by atoms with Crippen molar-refractivity contribution in [1.29, 1.82) is 0 Å². The Morgan fingerprint density at radius 2 is 1.65 bits per heavy atom. The second kappa shape index (κ2) is 6.78. The van der Waals surface area contributed by atoms with Crippen LogP contribution in [0.15, 0.2) is 30.3 Å². The van der Waals surface area contributed by atoms with Gasteiger partial charge in [0.1, 0.15) is 5.82 Å². The van der Waals surface area contributed by atoms with Gasteiger partial charge in [0.25, 0.3) is 11.8 Å². The van der Waals surface area contributed by atoms with Gasteiger partial charge < -0.3 is 14.9 Å². The molecule has 0 aliphatic carbocycles. The number of carbonyl (C=O) groups excluding carboxylic acids is 2. The van der Waals surface area contributed by atoms with Crippen molar-refractivity contribution in [3.63, 3.8) is 0 Å². The molecule has 2 aromatic carbocycles. The van der Waals surface area contributed by atoms with Crippen LogP contribution in [0.3, 0.4) is 0 Å². The van der Waals surface area contributed by atoms with Crippen molar-refractivity contribution in [3.8, 4) is 11.1 Å². The second-order valence-electron chi connectivity index (χ2n) is 8.52. The van der Waals surface area contributed by atoms with Gasteiger partial charge in [0.2, 0.25) is 0 Å². The molecule has 0 unspecified atom stereocenters. The van der Waals surface area contributed by atoms with Crippen molar-refractivity contribution >= 4 is 11.8 Å². The molecule has 2 heterocycles. The van der Waals surface area contributed by atoms with Crippen LogP contribution in [0.1, 0.15) is 45.7 Å². The molecular weight excluding hydrogens is 416 g/mol. The van der Waals surface area contributed by atoms with Gasteiger partial charge >= 0.3 is 6.18 Å². The lowest BCUT2D eigenvalue weighted by molar-refractivity contribution is -0.219. The van der Waals surface area contributed by atoms with E-state index in [4.69, 9.17) is 0 Å². The van der Waals surface area contributed by atoms with Crippen LogP contribution in [0.5, 0.6) is 0 Å². The highest BCUT2D eigenvalue weighted by molar-refractivity contribution is 6.05. The molecule has 164 valence electrons. The number of hydrogen-bond acceptors (Lipinski definition) is 3. The Labute approximate surface area is 175 Å². The van der Waals surface area contributed by atoms with Gasteiger partial charge in [-0.3, -0.25) is 9.59 Å². The predicted molar refractivity (Wildman–Crippen MR) is 104 cm³/mol. The van der Waals surface area contributed by atoms with E-state index in [0.717, 1.165) is 19.9 Å². The number of benzene rings is 2. The zero-order valence-corrected chi connectivity index (χ0v) is 17.0. The molecule has 0 radical (unpaired) electrons. The van der Waals surface area contributed by atoms with Gasteiger partial charge in [-0.05, 0) is 48.7 Å². The Morgan fingerprint density at radius 1 is 0.968 bits per heavy atom. The van der Waals surface area contributed by atoms with E-state index < -0.39 is 36.1 Å². The molecule has 2 aromatic rings. The van der Waals surface area contributed by atoms with E-state index >= 15 is 0 Å². The highest BCUT2D eigenvalue weighted by atomic mass is 19.4. The Bertz CT molecular complexity index is 1090. The number of hydrogen-bond donors (Lipinski definition) is 1. The number of fused-ring (bicyclic) bond motifs is 2. The third kappa shape index (κ3) is 3.37. The van der Waals surface area contributed by atoms with Crippen molar-refractivity contribution in [3.05, 3.63) is 58.4 Å². The van der Waals surface area contributed by atoms with E-state index in [2.05, 4.69) is 0 Å². The molecule has 0 bridgehead atoms. The van der Waals surface area contributed by atoms with Crippen LogP contribution >= 0.6 is 0 Å². The molecule has 0 saturated carbocycles. The molecular formula is C22H20F4N2O3. The lowest BCUT2D eigenvalue weighted by atomic mass is 9.93. The summed E-state index contributed by atoms with van der Waals surface area (Å²) >= 11 is 0. The largest absolute Gasteiger partial charge is 0.411 e. The summed E-state index contributed by atoms with van der Waals surface area (Å²) in [6.07, 6.45) is -4.88. The van der Waals surface area contributed by atoms with E-state index in [1.165, 1.54) is 23.1 Å². The monoisotopic (exact) mass is 436 g/mol. The first-order chi connectivity index (χ1) is 14.3. The average Bonchev–Trinajstić information content (AvgIpc) is 3.10. The molecule has 0 saturated heterocycles. The zero-order chi connectivity index (χ0) is 22.9. The first-order valence-corrected chi connectivity index (χ1v) is 9.61. The minimum Gasteiger partial charge on any atom is -0.388 e. The summed E-state index contributed by atoms with van der Waals surface area (Å²) in [4.78, 5) is 27.2. The fourth-order valence-electron chi connectivity index (χ4n) is 4.47. The smallest absolute Gasteiger partial charge is 0.388 e. The van der Waals surface area contributed by atoms with Crippen LogP contribution < -0.4 is 0 Å². The van der Waals surface area contributed by atoms with Crippen molar-refractivity contribution in [1.82, 2.24) is 9.80 Å². The fourth-order valence-corrected chi connectivity index (χ4v) is 4.47. The van der Waals surface area contributed by atoms with Crippen molar-refractivity contribution in [2.75, 3.05) is 7.05 Å². The average molecular weight is 436 g/mol. The van der Waals surface area contributed by atoms with Gasteiger partial charge in [0.05, 0.1) is 11.2 Å². The Hall–Kier alpha value is -2.94. The van der Waals surface area contributed by atoms with Gasteiger partial charge in [0, 0.05) is 31.3 Å². The van der Waals surface area contributed by atoms with Crippen molar-refractivity contribution < 1.29 is 32.3 Å². The molecule has 0 spiro atoms. The molecule has 2 amide bonds. The first kappa shape index (κ1) is 21.3. The SMILES string of the molecule is CN1Cc2cc(-c3c(F)ccc4c3C(=O)N([C@@H](C(C)(C)O)C(F)(F)F)C4)ccc2C1=O. The van der Waals surface area contributed by atoms with Gasteiger partial charge in [-0.25, -0.2) is 4.39 Å².